The second-order valence-corrected chi connectivity index (χ2v) is 12.7. The van der Waals surface area contributed by atoms with Gasteiger partial charge in [-0.3, -0.25) is 9.59 Å². The van der Waals surface area contributed by atoms with E-state index in [0.29, 0.717) is 5.57 Å². The summed E-state index contributed by atoms with van der Waals surface area (Å²) in [7, 11) is -0.957. The molecule has 148 valence electrons. The minimum Gasteiger partial charge on any atom is -0.466 e. The average molecular weight is 387 g/mol. The number of ether oxygens (including phenoxy) is 3. The van der Waals surface area contributed by atoms with E-state index in [0.717, 1.165) is 0 Å². The maximum atomic E-state index is 12.1. The highest BCUT2D eigenvalue weighted by atomic mass is 28.4. The summed E-state index contributed by atoms with van der Waals surface area (Å²) in [5, 5.41) is -0.0860. The van der Waals surface area contributed by atoms with E-state index < -0.39 is 44.5 Å². The maximum Gasteiger partial charge on any atom is 0.333 e. The van der Waals surface area contributed by atoms with Gasteiger partial charge in [-0.2, -0.15) is 0 Å². The van der Waals surface area contributed by atoms with Gasteiger partial charge in [0.15, 0.2) is 20.5 Å². The number of hydrogen-bond acceptors (Lipinski definition) is 7. The van der Waals surface area contributed by atoms with Gasteiger partial charge in [-0.15, -0.1) is 0 Å². The second kappa shape index (κ2) is 8.35. The van der Waals surface area contributed by atoms with Crippen molar-refractivity contribution < 1.29 is 33.0 Å². The zero-order valence-corrected chi connectivity index (χ0v) is 17.9. The number of carbonyl (C=O) groups is 3. The molecule has 7 nitrogen and oxygen atoms in total. The number of carbonyl (C=O) groups excluding carboxylic acids is 3. The third kappa shape index (κ3) is 5.67. The molecule has 8 heteroatoms. The Morgan fingerprint density at radius 1 is 1.08 bits per heavy atom. The normalized spacial score (nSPS) is 23.7. The fourth-order valence-electron chi connectivity index (χ4n) is 2.48. The summed E-state index contributed by atoms with van der Waals surface area (Å²) in [6.45, 7) is 12.9. The molecule has 0 unspecified atom stereocenters. The predicted octanol–water partition coefficient (Wildman–Crippen LogP) is 2.74. The fourth-order valence-corrected chi connectivity index (χ4v) is 3.81. The molecule has 3 atom stereocenters. The smallest absolute Gasteiger partial charge is 0.333 e. The van der Waals surface area contributed by atoms with Gasteiger partial charge in [0.05, 0.1) is 13.2 Å². The molecule has 0 fully saturated rings. The van der Waals surface area contributed by atoms with Crippen LogP contribution in [0, 0.1) is 0 Å². The second-order valence-electron chi connectivity index (χ2n) is 7.95. The molecule has 1 rings (SSSR count). The number of methoxy groups -OCH3 is 1. The van der Waals surface area contributed by atoms with Gasteiger partial charge in [-0.05, 0) is 24.2 Å². The highest BCUT2D eigenvalue weighted by Crippen LogP contribution is 2.40. The SMILES string of the molecule is COC(=O)C1=C[C@H](OC(C)=O)[C@@H](OC(C)=O)[C@H](O[Si](C)(C)C(C)(C)C)C1. The minimum atomic E-state index is -2.24. The molecule has 0 amide bonds. The molecule has 0 heterocycles. The molecule has 0 spiro atoms. The zero-order valence-electron chi connectivity index (χ0n) is 16.9. The Morgan fingerprint density at radius 3 is 2.04 bits per heavy atom. The van der Waals surface area contributed by atoms with Crippen LogP contribution in [0.4, 0.5) is 0 Å². The van der Waals surface area contributed by atoms with Crippen molar-refractivity contribution in [3.8, 4) is 0 Å². The lowest BCUT2D eigenvalue weighted by atomic mass is 9.92. The summed E-state index contributed by atoms with van der Waals surface area (Å²) in [5.74, 6) is -1.57. The molecule has 0 saturated heterocycles. The van der Waals surface area contributed by atoms with E-state index in [-0.39, 0.29) is 11.5 Å². The van der Waals surface area contributed by atoms with Gasteiger partial charge in [0.1, 0.15) is 0 Å². The Morgan fingerprint density at radius 2 is 1.62 bits per heavy atom. The first kappa shape index (κ1) is 22.4. The van der Waals surface area contributed by atoms with E-state index in [1.165, 1.54) is 27.0 Å². The molecular formula is C18H30O7Si. The molecule has 1 aliphatic rings. The van der Waals surface area contributed by atoms with Crippen LogP contribution in [0.1, 0.15) is 41.0 Å². The van der Waals surface area contributed by atoms with Crippen LogP contribution in [0.15, 0.2) is 11.6 Å². The van der Waals surface area contributed by atoms with Crippen LogP contribution in [0.3, 0.4) is 0 Å². The van der Waals surface area contributed by atoms with Gasteiger partial charge in [-0.25, -0.2) is 4.79 Å². The lowest BCUT2D eigenvalue weighted by Gasteiger charge is -2.43. The van der Waals surface area contributed by atoms with Crippen LogP contribution in [0.25, 0.3) is 0 Å². The van der Waals surface area contributed by atoms with Gasteiger partial charge < -0.3 is 18.6 Å². The standard InChI is InChI=1S/C18H30O7Si/c1-11(19)23-14-9-13(17(21)22-6)10-15(16(14)24-12(2)20)25-26(7,8)18(3,4)5/h9,14-16H,10H2,1-8H3/t14-,15+,16+/m0/s1. The molecular weight excluding hydrogens is 356 g/mol. The van der Waals surface area contributed by atoms with E-state index in [1.54, 1.807) is 0 Å². The Hall–Kier alpha value is -1.67. The predicted molar refractivity (Wildman–Crippen MR) is 97.9 cm³/mol. The molecule has 0 aromatic rings. The highest BCUT2D eigenvalue weighted by molar-refractivity contribution is 6.74. The number of rotatable bonds is 5. The van der Waals surface area contributed by atoms with Crippen LogP contribution in [-0.2, 0) is 33.0 Å². The van der Waals surface area contributed by atoms with Gasteiger partial charge in [0.25, 0.3) is 0 Å². The first-order chi connectivity index (χ1) is 11.8. The van der Waals surface area contributed by atoms with Crippen molar-refractivity contribution in [2.75, 3.05) is 7.11 Å². The van der Waals surface area contributed by atoms with Gasteiger partial charge >= 0.3 is 17.9 Å². The third-order valence-electron chi connectivity index (χ3n) is 4.78. The van der Waals surface area contributed by atoms with Crippen LogP contribution in [-0.4, -0.2) is 51.6 Å². The fraction of sp³-hybridized carbons (Fsp3) is 0.722. The van der Waals surface area contributed by atoms with Crippen LogP contribution in [0.5, 0.6) is 0 Å². The number of hydrogen-bond donors (Lipinski definition) is 0. The lowest BCUT2D eigenvalue weighted by molar-refractivity contribution is -0.171. The summed E-state index contributed by atoms with van der Waals surface area (Å²) >= 11 is 0. The molecule has 0 saturated carbocycles. The minimum absolute atomic E-state index is 0.0860. The van der Waals surface area contributed by atoms with Crippen molar-refractivity contribution in [2.45, 2.75) is 77.5 Å². The molecule has 0 N–H and O–H groups in total. The van der Waals surface area contributed by atoms with Crippen molar-refractivity contribution in [1.82, 2.24) is 0 Å². The Bertz CT molecular complexity index is 589. The van der Waals surface area contributed by atoms with Crippen molar-refractivity contribution >= 4 is 26.2 Å². The Balaban J connectivity index is 3.29. The van der Waals surface area contributed by atoms with E-state index in [4.69, 9.17) is 18.6 Å². The quantitative estimate of drug-likeness (QED) is 0.408. The molecule has 1 aliphatic carbocycles. The van der Waals surface area contributed by atoms with Crippen LogP contribution < -0.4 is 0 Å². The first-order valence-electron chi connectivity index (χ1n) is 8.59. The highest BCUT2D eigenvalue weighted by Gasteiger charge is 2.46. The molecule has 26 heavy (non-hydrogen) atoms. The number of esters is 3. The topological polar surface area (TPSA) is 88.1 Å². The molecule has 0 bridgehead atoms. The third-order valence-corrected chi connectivity index (χ3v) is 9.29. The van der Waals surface area contributed by atoms with Crippen molar-refractivity contribution in [2.24, 2.45) is 0 Å². The van der Waals surface area contributed by atoms with Crippen molar-refractivity contribution in [1.29, 1.82) is 0 Å². The summed E-state index contributed by atoms with van der Waals surface area (Å²) in [6.07, 6.45) is -0.641. The summed E-state index contributed by atoms with van der Waals surface area (Å²) in [5.41, 5.74) is 0.339. The van der Waals surface area contributed by atoms with Gasteiger partial charge in [0.2, 0.25) is 0 Å². The monoisotopic (exact) mass is 386 g/mol. The Labute approximate surface area is 156 Å². The van der Waals surface area contributed by atoms with Crippen molar-refractivity contribution in [3.63, 3.8) is 0 Å². The Kier molecular flexibility index (Phi) is 7.18. The van der Waals surface area contributed by atoms with Crippen LogP contribution >= 0.6 is 0 Å². The van der Waals surface area contributed by atoms with E-state index in [2.05, 4.69) is 33.9 Å². The summed E-state index contributed by atoms with van der Waals surface area (Å²) in [4.78, 5) is 35.2. The van der Waals surface area contributed by atoms with Crippen molar-refractivity contribution in [3.05, 3.63) is 11.6 Å². The molecule has 0 aromatic heterocycles. The van der Waals surface area contributed by atoms with Gasteiger partial charge in [-0.1, -0.05) is 20.8 Å². The molecule has 0 radical (unpaired) electrons. The largest absolute Gasteiger partial charge is 0.466 e. The van der Waals surface area contributed by atoms with Gasteiger partial charge in [0, 0.05) is 25.8 Å². The first-order valence-corrected chi connectivity index (χ1v) is 11.5. The maximum absolute atomic E-state index is 12.1. The van der Waals surface area contributed by atoms with E-state index >= 15 is 0 Å². The van der Waals surface area contributed by atoms with E-state index in [9.17, 15) is 14.4 Å². The molecule has 0 aromatic carbocycles. The summed E-state index contributed by atoms with van der Waals surface area (Å²) in [6, 6.07) is 0. The van der Waals surface area contributed by atoms with Crippen LogP contribution in [0.2, 0.25) is 18.1 Å². The molecule has 0 aliphatic heterocycles. The van der Waals surface area contributed by atoms with E-state index in [1.807, 2.05) is 0 Å². The summed E-state index contributed by atoms with van der Waals surface area (Å²) < 4.78 is 21.9. The zero-order chi connectivity index (χ0) is 20.3. The lowest BCUT2D eigenvalue weighted by Crippen LogP contribution is -2.53. The average Bonchev–Trinajstić information content (AvgIpc) is 2.46.